The zero-order chi connectivity index (χ0) is 17.6. The van der Waals surface area contributed by atoms with Gasteiger partial charge < -0.3 is 19.7 Å². The van der Waals surface area contributed by atoms with Gasteiger partial charge in [0.15, 0.2) is 5.96 Å². The lowest BCUT2D eigenvalue weighted by Gasteiger charge is -2.23. The number of guanidine groups is 1. The molecule has 1 N–H and O–H groups in total. The van der Waals surface area contributed by atoms with E-state index in [1.54, 1.807) is 7.11 Å². The molecular formula is C19H33N3O2. The van der Waals surface area contributed by atoms with Crippen molar-refractivity contribution in [3.63, 3.8) is 0 Å². The molecule has 5 nitrogen and oxygen atoms in total. The minimum Gasteiger partial charge on any atom is -0.382 e. The summed E-state index contributed by atoms with van der Waals surface area (Å²) >= 11 is 0. The van der Waals surface area contributed by atoms with Gasteiger partial charge in [-0.05, 0) is 37.8 Å². The predicted octanol–water partition coefficient (Wildman–Crippen LogP) is 2.84. The van der Waals surface area contributed by atoms with Crippen LogP contribution in [0.5, 0.6) is 0 Å². The van der Waals surface area contributed by atoms with E-state index in [1.807, 2.05) is 0 Å². The fourth-order valence-electron chi connectivity index (χ4n) is 2.33. The van der Waals surface area contributed by atoms with Crippen LogP contribution < -0.4 is 5.32 Å². The number of nitrogens with one attached hydrogen (secondary N) is 1. The Bertz CT molecular complexity index is 477. The maximum absolute atomic E-state index is 5.47. The van der Waals surface area contributed by atoms with Crippen LogP contribution >= 0.6 is 0 Å². The molecule has 0 radical (unpaired) electrons. The van der Waals surface area contributed by atoms with Crippen LogP contribution in [-0.4, -0.2) is 57.9 Å². The Morgan fingerprint density at radius 3 is 2.67 bits per heavy atom. The van der Waals surface area contributed by atoms with Gasteiger partial charge in [0.25, 0.3) is 0 Å². The normalized spacial score (nSPS) is 11.6. The van der Waals surface area contributed by atoms with Gasteiger partial charge in [0, 0.05) is 40.4 Å². The van der Waals surface area contributed by atoms with Gasteiger partial charge in [0.2, 0.25) is 0 Å². The summed E-state index contributed by atoms with van der Waals surface area (Å²) in [6, 6.07) is 8.49. The number of methoxy groups -OCH3 is 1. The summed E-state index contributed by atoms with van der Waals surface area (Å²) in [6.45, 7) is 8.89. The second-order valence-corrected chi connectivity index (χ2v) is 5.83. The molecule has 0 aliphatic carbocycles. The van der Waals surface area contributed by atoms with Crippen molar-refractivity contribution >= 4 is 5.96 Å². The summed E-state index contributed by atoms with van der Waals surface area (Å²) in [4.78, 5) is 6.91. The first-order chi connectivity index (χ1) is 11.7. The number of ether oxygens (including phenoxy) is 2. The fourth-order valence-corrected chi connectivity index (χ4v) is 2.33. The van der Waals surface area contributed by atoms with Gasteiger partial charge in [-0.3, -0.25) is 4.99 Å². The summed E-state index contributed by atoms with van der Waals surface area (Å²) in [5.41, 5.74) is 2.64. The van der Waals surface area contributed by atoms with E-state index >= 15 is 0 Å². The van der Waals surface area contributed by atoms with E-state index in [9.17, 15) is 0 Å². The molecule has 0 bridgehead atoms. The van der Waals surface area contributed by atoms with Crippen molar-refractivity contribution in [2.45, 2.75) is 33.2 Å². The first-order valence-corrected chi connectivity index (χ1v) is 8.79. The van der Waals surface area contributed by atoms with Gasteiger partial charge in [0.1, 0.15) is 0 Å². The zero-order valence-corrected chi connectivity index (χ0v) is 15.7. The van der Waals surface area contributed by atoms with Crippen molar-refractivity contribution in [2.24, 2.45) is 4.99 Å². The van der Waals surface area contributed by atoms with Crippen LogP contribution in [0, 0.1) is 6.92 Å². The van der Waals surface area contributed by atoms with Gasteiger partial charge in [-0.2, -0.15) is 0 Å². The molecule has 0 unspecified atom stereocenters. The average molecular weight is 335 g/mol. The lowest BCUT2D eigenvalue weighted by molar-refractivity contribution is 0.0690. The Morgan fingerprint density at radius 2 is 1.96 bits per heavy atom. The molecule has 0 spiro atoms. The topological polar surface area (TPSA) is 46.1 Å². The van der Waals surface area contributed by atoms with Crippen molar-refractivity contribution in [1.29, 1.82) is 0 Å². The molecular weight excluding hydrogens is 302 g/mol. The van der Waals surface area contributed by atoms with Crippen LogP contribution in [0.3, 0.4) is 0 Å². The Labute approximate surface area is 147 Å². The molecule has 0 fully saturated rings. The summed E-state index contributed by atoms with van der Waals surface area (Å²) in [7, 11) is 3.77. The Kier molecular flexibility index (Phi) is 10.9. The zero-order valence-electron chi connectivity index (χ0n) is 15.7. The van der Waals surface area contributed by atoms with Crippen LogP contribution in [0.1, 0.15) is 30.9 Å². The van der Waals surface area contributed by atoms with Gasteiger partial charge in [-0.15, -0.1) is 0 Å². The molecule has 0 amide bonds. The number of rotatable bonds is 11. The number of unbranched alkanes of at least 4 members (excludes halogenated alkanes) is 1. The highest BCUT2D eigenvalue weighted by Crippen LogP contribution is 2.09. The summed E-state index contributed by atoms with van der Waals surface area (Å²) < 4.78 is 10.4. The van der Waals surface area contributed by atoms with Gasteiger partial charge >= 0.3 is 0 Å². The summed E-state index contributed by atoms with van der Waals surface area (Å²) in [5.74, 6) is 0.959. The molecule has 0 saturated heterocycles. The van der Waals surface area contributed by atoms with E-state index < -0.39 is 0 Å². The van der Waals surface area contributed by atoms with Gasteiger partial charge in [-0.1, -0.05) is 24.3 Å². The molecule has 0 aliphatic heterocycles. The Morgan fingerprint density at radius 1 is 1.17 bits per heavy atom. The van der Waals surface area contributed by atoms with E-state index in [0.717, 1.165) is 45.0 Å². The molecule has 24 heavy (non-hydrogen) atoms. The summed E-state index contributed by atoms with van der Waals surface area (Å²) in [6.07, 6.45) is 2.05. The lowest BCUT2D eigenvalue weighted by atomic mass is 10.1. The number of hydrogen-bond donors (Lipinski definition) is 1. The molecule has 0 heterocycles. The third kappa shape index (κ3) is 8.31. The van der Waals surface area contributed by atoms with Crippen molar-refractivity contribution in [2.75, 3.05) is 47.1 Å². The molecule has 1 rings (SSSR count). The molecule has 1 aromatic rings. The van der Waals surface area contributed by atoms with E-state index in [-0.39, 0.29) is 0 Å². The van der Waals surface area contributed by atoms with Crippen molar-refractivity contribution < 1.29 is 9.47 Å². The smallest absolute Gasteiger partial charge is 0.193 e. The molecule has 5 heteroatoms. The highest BCUT2D eigenvalue weighted by atomic mass is 16.5. The monoisotopic (exact) mass is 335 g/mol. The fraction of sp³-hybridized carbons (Fsp3) is 0.632. The SMILES string of the molecule is CCNC(=NCCCCOCCOC)N(C)Cc1ccccc1C. The average Bonchev–Trinajstić information content (AvgIpc) is 2.58. The number of benzene rings is 1. The lowest BCUT2D eigenvalue weighted by Crippen LogP contribution is -2.38. The first-order valence-electron chi connectivity index (χ1n) is 8.79. The number of nitrogens with zero attached hydrogens (tertiary/aromatic N) is 2. The molecule has 0 aliphatic rings. The third-order valence-electron chi connectivity index (χ3n) is 3.76. The second-order valence-electron chi connectivity index (χ2n) is 5.83. The number of aliphatic imine (C=N–C) groups is 1. The minimum atomic E-state index is 0.659. The highest BCUT2D eigenvalue weighted by molar-refractivity contribution is 5.79. The van der Waals surface area contributed by atoms with E-state index in [0.29, 0.717) is 13.2 Å². The molecule has 0 atom stereocenters. The third-order valence-corrected chi connectivity index (χ3v) is 3.76. The van der Waals surface area contributed by atoms with E-state index in [1.165, 1.54) is 11.1 Å². The highest BCUT2D eigenvalue weighted by Gasteiger charge is 2.07. The van der Waals surface area contributed by atoms with E-state index in [2.05, 4.69) is 55.4 Å². The van der Waals surface area contributed by atoms with Gasteiger partial charge in [-0.25, -0.2) is 0 Å². The largest absolute Gasteiger partial charge is 0.382 e. The summed E-state index contributed by atoms with van der Waals surface area (Å²) in [5, 5.41) is 3.37. The van der Waals surface area contributed by atoms with Crippen LogP contribution in [0.15, 0.2) is 29.3 Å². The maximum atomic E-state index is 5.47. The first kappa shape index (κ1) is 20.5. The minimum absolute atomic E-state index is 0.659. The van der Waals surface area contributed by atoms with Crippen molar-refractivity contribution in [3.05, 3.63) is 35.4 Å². The van der Waals surface area contributed by atoms with Crippen LogP contribution in [0.2, 0.25) is 0 Å². The number of aryl methyl sites for hydroxylation is 1. The standard InChI is InChI=1S/C19H33N3O2/c1-5-20-19(21-12-8-9-13-24-15-14-23-4)22(3)16-18-11-7-6-10-17(18)2/h6-7,10-11H,5,8-9,12-16H2,1-4H3,(H,20,21). The number of hydrogen-bond acceptors (Lipinski definition) is 3. The Balaban J connectivity index is 2.39. The van der Waals surface area contributed by atoms with E-state index in [4.69, 9.17) is 14.5 Å². The van der Waals surface area contributed by atoms with Gasteiger partial charge in [0.05, 0.1) is 13.2 Å². The van der Waals surface area contributed by atoms with Crippen LogP contribution in [0.25, 0.3) is 0 Å². The Hall–Kier alpha value is -1.59. The molecule has 0 aromatic heterocycles. The van der Waals surface area contributed by atoms with Crippen LogP contribution in [-0.2, 0) is 16.0 Å². The quantitative estimate of drug-likeness (QED) is 0.384. The maximum Gasteiger partial charge on any atom is 0.193 e. The molecule has 1 aromatic carbocycles. The van der Waals surface area contributed by atoms with Crippen LogP contribution in [0.4, 0.5) is 0 Å². The predicted molar refractivity (Wildman–Crippen MR) is 101 cm³/mol. The van der Waals surface area contributed by atoms with Crippen molar-refractivity contribution in [3.8, 4) is 0 Å². The van der Waals surface area contributed by atoms with Crippen molar-refractivity contribution in [1.82, 2.24) is 10.2 Å². The molecule has 0 saturated carbocycles. The second kappa shape index (κ2) is 12.8. The molecule has 136 valence electrons.